The second-order valence-electron chi connectivity index (χ2n) is 7.77. The predicted molar refractivity (Wildman–Crippen MR) is 115 cm³/mol. The SMILES string of the molecule is Cc1cccc(Oc2nc(C3CCCC3)ncc2C(=O)NC(C)/C=C/S(C)(=O)=O)c1. The van der Waals surface area contributed by atoms with Gasteiger partial charge < -0.3 is 10.1 Å². The average molecular weight is 430 g/mol. The van der Waals surface area contributed by atoms with E-state index in [2.05, 4.69) is 15.3 Å². The smallest absolute Gasteiger partial charge is 0.258 e. The molecule has 7 nitrogen and oxygen atoms in total. The number of hydrogen-bond acceptors (Lipinski definition) is 6. The number of carbonyl (C=O) groups excluding carboxylic acids is 1. The topological polar surface area (TPSA) is 98.2 Å². The third-order valence-electron chi connectivity index (χ3n) is 4.91. The number of nitrogens with zero attached hydrogens (tertiary/aromatic N) is 2. The number of aromatic nitrogens is 2. The third kappa shape index (κ3) is 6.13. The average Bonchev–Trinajstić information content (AvgIpc) is 3.20. The zero-order valence-corrected chi connectivity index (χ0v) is 18.3. The highest BCUT2D eigenvalue weighted by molar-refractivity contribution is 7.93. The van der Waals surface area contributed by atoms with Crippen LogP contribution in [0.3, 0.4) is 0 Å². The first-order valence-electron chi connectivity index (χ1n) is 10.0. The first-order valence-corrected chi connectivity index (χ1v) is 12.0. The number of hydrogen-bond donors (Lipinski definition) is 1. The Labute approximate surface area is 177 Å². The lowest BCUT2D eigenvalue weighted by atomic mass is 10.1. The van der Waals surface area contributed by atoms with Crippen LogP contribution in [-0.2, 0) is 9.84 Å². The molecule has 2 aromatic rings. The van der Waals surface area contributed by atoms with Gasteiger partial charge in [-0.1, -0.05) is 31.1 Å². The first kappa shape index (κ1) is 22.0. The fourth-order valence-corrected chi connectivity index (χ4v) is 3.90. The van der Waals surface area contributed by atoms with Crippen molar-refractivity contribution in [3.8, 4) is 11.6 Å². The molecule has 0 aliphatic heterocycles. The van der Waals surface area contributed by atoms with Gasteiger partial charge in [0.2, 0.25) is 5.88 Å². The molecule has 1 unspecified atom stereocenters. The van der Waals surface area contributed by atoms with Gasteiger partial charge in [0.15, 0.2) is 9.84 Å². The Hall–Kier alpha value is -2.74. The molecule has 30 heavy (non-hydrogen) atoms. The van der Waals surface area contributed by atoms with E-state index in [1.165, 1.54) is 12.3 Å². The minimum Gasteiger partial charge on any atom is -0.438 e. The van der Waals surface area contributed by atoms with Gasteiger partial charge in [0.1, 0.15) is 17.1 Å². The second-order valence-corrected chi connectivity index (χ2v) is 9.70. The molecule has 1 aromatic carbocycles. The molecule has 1 fully saturated rings. The molecular formula is C22H27N3O4S. The predicted octanol–water partition coefficient (Wildman–Crippen LogP) is 3.91. The molecule has 1 saturated carbocycles. The highest BCUT2D eigenvalue weighted by Gasteiger charge is 2.24. The van der Waals surface area contributed by atoms with Crippen molar-refractivity contribution in [3.05, 3.63) is 58.9 Å². The van der Waals surface area contributed by atoms with Crippen LogP contribution in [0, 0.1) is 6.92 Å². The molecule has 3 rings (SSSR count). The van der Waals surface area contributed by atoms with E-state index in [-0.39, 0.29) is 17.4 Å². The maximum atomic E-state index is 12.8. The number of benzene rings is 1. The van der Waals surface area contributed by atoms with Gasteiger partial charge in [0.25, 0.3) is 5.91 Å². The fourth-order valence-electron chi connectivity index (χ4n) is 3.38. The minimum absolute atomic E-state index is 0.203. The van der Waals surface area contributed by atoms with E-state index in [0.29, 0.717) is 11.6 Å². The number of rotatable bonds is 7. The van der Waals surface area contributed by atoms with Gasteiger partial charge in [0, 0.05) is 29.8 Å². The summed E-state index contributed by atoms with van der Waals surface area (Å²) in [7, 11) is -3.27. The molecule has 0 spiro atoms. The Balaban J connectivity index is 1.87. The number of amides is 1. The van der Waals surface area contributed by atoms with E-state index in [4.69, 9.17) is 4.74 Å². The molecule has 1 amide bonds. The maximum absolute atomic E-state index is 12.8. The van der Waals surface area contributed by atoms with E-state index in [1.54, 1.807) is 6.92 Å². The molecule has 160 valence electrons. The Morgan fingerprint density at radius 1 is 1.30 bits per heavy atom. The molecule has 1 atom stereocenters. The largest absolute Gasteiger partial charge is 0.438 e. The molecule has 1 heterocycles. The van der Waals surface area contributed by atoms with Crippen LogP contribution >= 0.6 is 0 Å². The summed E-state index contributed by atoms with van der Waals surface area (Å²) in [6, 6.07) is 7.02. The minimum atomic E-state index is -3.27. The molecule has 1 aliphatic rings. The van der Waals surface area contributed by atoms with Crippen LogP contribution in [0.2, 0.25) is 0 Å². The molecule has 0 saturated heterocycles. The Bertz CT molecular complexity index is 1040. The zero-order chi connectivity index (χ0) is 21.7. The summed E-state index contributed by atoms with van der Waals surface area (Å²) in [5, 5.41) is 3.82. The summed E-state index contributed by atoms with van der Waals surface area (Å²) >= 11 is 0. The second kappa shape index (κ2) is 9.38. The van der Waals surface area contributed by atoms with Crippen molar-refractivity contribution in [1.82, 2.24) is 15.3 Å². The standard InChI is InChI=1S/C22H27N3O4S/c1-15-7-6-10-18(13-15)29-22-19(14-23-20(25-22)17-8-4-5-9-17)21(26)24-16(2)11-12-30(3,27)28/h6-7,10-14,16-17H,4-5,8-9H2,1-3H3,(H,24,26)/b12-11+. The van der Waals surface area contributed by atoms with Crippen LogP contribution in [0.15, 0.2) is 41.9 Å². The summed E-state index contributed by atoms with van der Waals surface area (Å²) in [5.41, 5.74) is 1.24. The van der Waals surface area contributed by atoms with Gasteiger partial charge in [-0.25, -0.2) is 13.4 Å². The van der Waals surface area contributed by atoms with Gasteiger partial charge in [-0.15, -0.1) is 0 Å². The summed E-state index contributed by atoms with van der Waals surface area (Å²) in [5.74, 6) is 1.33. The number of carbonyl (C=O) groups is 1. The lowest BCUT2D eigenvalue weighted by molar-refractivity contribution is 0.0943. The van der Waals surface area contributed by atoms with Crippen molar-refractivity contribution in [1.29, 1.82) is 0 Å². The molecular weight excluding hydrogens is 402 g/mol. The van der Waals surface area contributed by atoms with Gasteiger partial charge >= 0.3 is 0 Å². The Kier molecular flexibility index (Phi) is 6.87. The number of aryl methyl sites for hydroxylation is 1. The molecule has 1 aliphatic carbocycles. The molecule has 8 heteroatoms. The summed E-state index contributed by atoms with van der Waals surface area (Å²) in [6.45, 7) is 3.65. The van der Waals surface area contributed by atoms with Crippen LogP contribution in [0.5, 0.6) is 11.6 Å². The number of ether oxygens (including phenoxy) is 1. The quantitative estimate of drug-likeness (QED) is 0.716. The van der Waals surface area contributed by atoms with E-state index in [9.17, 15) is 13.2 Å². The third-order valence-corrected chi connectivity index (χ3v) is 5.57. The van der Waals surface area contributed by atoms with E-state index >= 15 is 0 Å². The van der Waals surface area contributed by atoms with Gasteiger partial charge in [-0.3, -0.25) is 4.79 Å². The molecule has 1 N–H and O–H groups in total. The molecule has 0 bridgehead atoms. The molecule has 0 radical (unpaired) electrons. The van der Waals surface area contributed by atoms with E-state index in [1.807, 2.05) is 31.2 Å². The summed E-state index contributed by atoms with van der Waals surface area (Å²) in [6.07, 6.45) is 8.37. The van der Waals surface area contributed by atoms with Crippen LogP contribution in [-0.4, -0.2) is 36.6 Å². The van der Waals surface area contributed by atoms with Gasteiger partial charge in [0.05, 0.1) is 0 Å². The lowest BCUT2D eigenvalue weighted by Gasteiger charge is -2.15. The number of nitrogens with one attached hydrogen (secondary N) is 1. The van der Waals surface area contributed by atoms with Crippen molar-refractivity contribution < 1.29 is 17.9 Å². The van der Waals surface area contributed by atoms with Gasteiger partial charge in [-0.05, 0) is 44.4 Å². The Morgan fingerprint density at radius 3 is 2.70 bits per heavy atom. The van der Waals surface area contributed by atoms with Crippen molar-refractivity contribution >= 4 is 15.7 Å². The van der Waals surface area contributed by atoms with Crippen molar-refractivity contribution in [2.24, 2.45) is 0 Å². The lowest BCUT2D eigenvalue weighted by Crippen LogP contribution is -2.31. The number of sulfone groups is 1. The maximum Gasteiger partial charge on any atom is 0.258 e. The van der Waals surface area contributed by atoms with Crippen LogP contribution in [0.4, 0.5) is 0 Å². The highest BCUT2D eigenvalue weighted by atomic mass is 32.2. The van der Waals surface area contributed by atoms with E-state index in [0.717, 1.165) is 42.9 Å². The van der Waals surface area contributed by atoms with Crippen molar-refractivity contribution in [3.63, 3.8) is 0 Å². The zero-order valence-electron chi connectivity index (χ0n) is 17.5. The monoisotopic (exact) mass is 429 g/mol. The normalized spacial score (nSPS) is 16.0. The molecule has 1 aromatic heterocycles. The van der Waals surface area contributed by atoms with Gasteiger partial charge in [-0.2, -0.15) is 4.98 Å². The van der Waals surface area contributed by atoms with Crippen LogP contribution in [0.25, 0.3) is 0 Å². The van der Waals surface area contributed by atoms with E-state index < -0.39 is 21.8 Å². The Morgan fingerprint density at radius 2 is 2.03 bits per heavy atom. The first-order chi connectivity index (χ1) is 14.2. The highest BCUT2D eigenvalue weighted by Crippen LogP contribution is 2.34. The summed E-state index contributed by atoms with van der Waals surface area (Å²) < 4.78 is 28.6. The van der Waals surface area contributed by atoms with Crippen molar-refractivity contribution in [2.75, 3.05) is 6.26 Å². The summed E-state index contributed by atoms with van der Waals surface area (Å²) in [4.78, 5) is 21.8. The van der Waals surface area contributed by atoms with Crippen molar-refractivity contribution in [2.45, 2.75) is 51.5 Å². The van der Waals surface area contributed by atoms with Crippen LogP contribution < -0.4 is 10.1 Å². The fraction of sp³-hybridized carbons (Fsp3) is 0.409. The van der Waals surface area contributed by atoms with Crippen LogP contribution in [0.1, 0.15) is 60.3 Å².